The highest BCUT2D eigenvalue weighted by molar-refractivity contribution is 5.90. The van der Waals surface area contributed by atoms with Gasteiger partial charge in [-0.15, -0.1) is 0 Å². The number of carbonyl (C=O) groups is 2. The Labute approximate surface area is 127 Å². The molecule has 116 valence electrons. The van der Waals surface area contributed by atoms with Crippen molar-refractivity contribution in [3.8, 4) is 0 Å². The van der Waals surface area contributed by atoms with Gasteiger partial charge in [0.15, 0.2) is 0 Å². The van der Waals surface area contributed by atoms with Crippen molar-refractivity contribution < 1.29 is 18.7 Å². The van der Waals surface area contributed by atoms with E-state index in [0.29, 0.717) is 30.3 Å². The van der Waals surface area contributed by atoms with E-state index in [1.807, 2.05) is 0 Å². The van der Waals surface area contributed by atoms with Crippen LogP contribution in [0.4, 0.5) is 21.0 Å². The van der Waals surface area contributed by atoms with Crippen LogP contribution in [0.1, 0.15) is 12.7 Å². The van der Waals surface area contributed by atoms with Crippen LogP contribution in [0.3, 0.4) is 0 Å². The van der Waals surface area contributed by atoms with Crippen molar-refractivity contribution in [2.75, 3.05) is 17.2 Å². The standard InChI is InChI=1S/C15H17N3O4/c1-2-21-15(20)18-12-7-5-11(6-8-12)17-14(19)16-10-13-4-3-9-22-13/h3-9H,2,10H2,1H3,(H,18,20)(H2,16,17,19). The van der Waals surface area contributed by atoms with Crippen LogP contribution in [0, 0.1) is 0 Å². The van der Waals surface area contributed by atoms with Gasteiger partial charge in [0, 0.05) is 11.4 Å². The fraction of sp³-hybridized carbons (Fsp3) is 0.200. The number of anilines is 2. The number of amides is 3. The van der Waals surface area contributed by atoms with Crippen molar-refractivity contribution in [3.05, 3.63) is 48.4 Å². The molecule has 0 aliphatic heterocycles. The molecule has 3 N–H and O–H groups in total. The Morgan fingerprint density at radius 3 is 2.36 bits per heavy atom. The minimum Gasteiger partial charge on any atom is -0.467 e. The molecule has 7 nitrogen and oxygen atoms in total. The molecule has 3 amide bonds. The van der Waals surface area contributed by atoms with Gasteiger partial charge in [0.2, 0.25) is 0 Å². The van der Waals surface area contributed by atoms with E-state index in [0.717, 1.165) is 0 Å². The summed E-state index contributed by atoms with van der Waals surface area (Å²) in [5.74, 6) is 0.670. The van der Waals surface area contributed by atoms with Crippen LogP contribution in [0.2, 0.25) is 0 Å². The molecule has 22 heavy (non-hydrogen) atoms. The number of ether oxygens (including phenoxy) is 1. The zero-order valence-electron chi connectivity index (χ0n) is 12.1. The van der Waals surface area contributed by atoms with E-state index in [1.54, 1.807) is 49.6 Å². The molecule has 0 radical (unpaired) electrons. The van der Waals surface area contributed by atoms with Gasteiger partial charge < -0.3 is 19.8 Å². The Bertz CT molecular complexity index is 608. The minimum absolute atomic E-state index is 0.307. The first-order valence-electron chi connectivity index (χ1n) is 6.78. The predicted octanol–water partition coefficient (Wildman–Crippen LogP) is 3.17. The molecule has 7 heteroatoms. The summed E-state index contributed by atoms with van der Waals surface area (Å²) in [6, 6.07) is 9.86. The lowest BCUT2D eigenvalue weighted by Gasteiger charge is -2.08. The molecule has 2 rings (SSSR count). The molecule has 0 aliphatic rings. The van der Waals surface area contributed by atoms with Gasteiger partial charge in [-0.05, 0) is 43.3 Å². The first kappa shape index (κ1) is 15.4. The smallest absolute Gasteiger partial charge is 0.411 e. The van der Waals surface area contributed by atoms with Crippen LogP contribution in [0.5, 0.6) is 0 Å². The topological polar surface area (TPSA) is 92.6 Å². The molecule has 0 aliphatic carbocycles. The Morgan fingerprint density at radius 1 is 1.09 bits per heavy atom. The Balaban J connectivity index is 1.80. The lowest BCUT2D eigenvalue weighted by molar-refractivity contribution is 0.168. The first-order chi connectivity index (χ1) is 10.7. The molecule has 0 unspecified atom stereocenters. The molecule has 2 aromatic rings. The zero-order valence-corrected chi connectivity index (χ0v) is 12.1. The van der Waals surface area contributed by atoms with E-state index < -0.39 is 6.09 Å². The fourth-order valence-electron chi connectivity index (χ4n) is 1.68. The quantitative estimate of drug-likeness (QED) is 0.791. The van der Waals surface area contributed by atoms with Crippen molar-refractivity contribution >= 4 is 23.5 Å². The van der Waals surface area contributed by atoms with Gasteiger partial charge >= 0.3 is 12.1 Å². The second-order valence-electron chi connectivity index (χ2n) is 4.31. The van der Waals surface area contributed by atoms with Crippen LogP contribution < -0.4 is 16.0 Å². The number of hydrogen-bond donors (Lipinski definition) is 3. The second-order valence-corrected chi connectivity index (χ2v) is 4.31. The summed E-state index contributed by atoms with van der Waals surface area (Å²) >= 11 is 0. The third kappa shape index (κ3) is 4.86. The molecule has 0 saturated heterocycles. The number of urea groups is 1. The SMILES string of the molecule is CCOC(=O)Nc1ccc(NC(=O)NCc2ccco2)cc1. The van der Waals surface area contributed by atoms with Crippen LogP contribution in [0.15, 0.2) is 47.1 Å². The first-order valence-corrected chi connectivity index (χ1v) is 6.78. The maximum Gasteiger partial charge on any atom is 0.411 e. The molecule has 1 heterocycles. The third-order valence-electron chi connectivity index (χ3n) is 2.67. The van der Waals surface area contributed by atoms with Crippen LogP contribution in [-0.4, -0.2) is 18.7 Å². The molecule has 0 bridgehead atoms. The largest absolute Gasteiger partial charge is 0.467 e. The maximum absolute atomic E-state index is 11.7. The van der Waals surface area contributed by atoms with Crippen LogP contribution in [0.25, 0.3) is 0 Å². The lowest BCUT2D eigenvalue weighted by atomic mass is 10.3. The summed E-state index contributed by atoms with van der Waals surface area (Å²) in [5.41, 5.74) is 1.19. The van der Waals surface area contributed by atoms with E-state index in [2.05, 4.69) is 16.0 Å². The van der Waals surface area contributed by atoms with Crippen molar-refractivity contribution in [1.29, 1.82) is 0 Å². The van der Waals surface area contributed by atoms with E-state index in [-0.39, 0.29) is 6.03 Å². The molecular weight excluding hydrogens is 286 g/mol. The summed E-state index contributed by atoms with van der Waals surface area (Å²) < 4.78 is 9.88. The number of carbonyl (C=O) groups excluding carboxylic acids is 2. The normalized spacial score (nSPS) is 9.86. The van der Waals surface area contributed by atoms with Gasteiger partial charge in [0.05, 0.1) is 19.4 Å². The molecule has 0 saturated carbocycles. The molecule has 1 aromatic carbocycles. The van der Waals surface area contributed by atoms with Gasteiger partial charge in [-0.1, -0.05) is 0 Å². The highest BCUT2D eigenvalue weighted by atomic mass is 16.5. The summed E-state index contributed by atoms with van der Waals surface area (Å²) in [6.45, 7) is 2.34. The minimum atomic E-state index is -0.514. The van der Waals surface area contributed by atoms with E-state index in [4.69, 9.17) is 9.15 Å². The molecular formula is C15H17N3O4. The predicted molar refractivity (Wildman–Crippen MR) is 81.7 cm³/mol. The Kier molecular flexibility index (Phi) is 5.42. The summed E-state index contributed by atoms with van der Waals surface area (Å²) in [6.07, 6.45) is 1.03. The highest BCUT2D eigenvalue weighted by Crippen LogP contribution is 2.13. The lowest BCUT2D eigenvalue weighted by Crippen LogP contribution is -2.27. The van der Waals surface area contributed by atoms with Crippen LogP contribution >= 0.6 is 0 Å². The number of furan rings is 1. The van der Waals surface area contributed by atoms with Gasteiger partial charge in [-0.3, -0.25) is 5.32 Å². The third-order valence-corrected chi connectivity index (χ3v) is 2.67. The summed E-state index contributed by atoms with van der Waals surface area (Å²) in [4.78, 5) is 23.0. The van der Waals surface area contributed by atoms with E-state index in [9.17, 15) is 9.59 Å². The van der Waals surface area contributed by atoms with E-state index in [1.165, 1.54) is 0 Å². The Hall–Kier alpha value is -2.96. The number of benzene rings is 1. The van der Waals surface area contributed by atoms with Gasteiger partial charge in [-0.2, -0.15) is 0 Å². The maximum atomic E-state index is 11.7. The summed E-state index contributed by atoms with van der Waals surface area (Å²) in [5, 5.41) is 7.90. The average Bonchev–Trinajstić information content (AvgIpc) is 3.01. The van der Waals surface area contributed by atoms with Crippen molar-refractivity contribution in [2.24, 2.45) is 0 Å². The molecule has 0 spiro atoms. The zero-order chi connectivity index (χ0) is 15.8. The fourth-order valence-corrected chi connectivity index (χ4v) is 1.68. The molecule has 0 fully saturated rings. The number of rotatable bonds is 5. The van der Waals surface area contributed by atoms with E-state index >= 15 is 0 Å². The number of nitrogens with one attached hydrogen (secondary N) is 3. The molecule has 1 aromatic heterocycles. The summed E-state index contributed by atoms with van der Waals surface area (Å²) in [7, 11) is 0. The van der Waals surface area contributed by atoms with Crippen molar-refractivity contribution in [3.63, 3.8) is 0 Å². The van der Waals surface area contributed by atoms with Gasteiger partial charge in [0.1, 0.15) is 5.76 Å². The van der Waals surface area contributed by atoms with Crippen molar-refractivity contribution in [1.82, 2.24) is 5.32 Å². The Morgan fingerprint density at radius 2 is 1.77 bits per heavy atom. The second kappa shape index (κ2) is 7.72. The monoisotopic (exact) mass is 303 g/mol. The number of hydrogen-bond acceptors (Lipinski definition) is 4. The van der Waals surface area contributed by atoms with Crippen molar-refractivity contribution in [2.45, 2.75) is 13.5 Å². The van der Waals surface area contributed by atoms with Gasteiger partial charge in [0.25, 0.3) is 0 Å². The highest BCUT2D eigenvalue weighted by Gasteiger charge is 2.04. The van der Waals surface area contributed by atoms with Gasteiger partial charge in [-0.25, -0.2) is 9.59 Å². The molecule has 0 atom stereocenters. The average molecular weight is 303 g/mol. The van der Waals surface area contributed by atoms with Crippen LogP contribution in [-0.2, 0) is 11.3 Å².